The van der Waals surface area contributed by atoms with Crippen molar-refractivity contribution in [3.63, 3.8) is 0 Å². The Morgan fingerprint density at radius 2 is 2.08 bits per heavy atom. The van der Waals surface area contributed by atoms with Gasteiger partial charge in [0, 0.05) is 20.1 Å². The van der Waals surface area contributed by atoms with Gasteiger partial charge in [-0.25, -0.2) is 9.59 Å². The molecule has 6 nitrogen and oxygen atoms in total. The SMILES string of the molecule is COC1(C(=O)O)CCCN1C(=O)O. The maximum absolute atomic E-state index is 10.8. The van der Waals surface area contributed by atoms with E-state index in [-0.39, 0.29) is 13.0 Å². The number of carboxylic acid groups (broad SMARTS) is 2. The van der Waals surface area contributed by atoms with E-state index in [1.54, 1.807) is 0 Å². The number of carboxylic acids is 1. The topological polar surface area (TPSA) is 87.1 Å². The number of hydrogen-bond acceptors (Lipinski definition) is 3. The van der Waals surface area contributed by atoms with E-state index in [1.165, 1.54) is 7.11 Å². The fourth-order valence-corrected chi connectivity index (χ4v) is 1.56. The largest absolute Gasteiger partial charge is 0.478 e. The smallest absolute Gasteiger partial charge is 0.410 e. The van der Waals surface area contributed by atoms with Crippen LogP contribution in [0.4, 0.5) is 4.79 Å². The summed E-state index contributed by atoms with van der Waals surface area (Å²) >= 11 is 0. The normalized spacial score (nSPS) is 27.6. The minimum atomic E-state index is -1.67. The van der Waals surface area contributed by atoms with Crippen LogP contribution < -0.4 is 0 Å². The van der Waals surface area contributed by atoms with Crippen molar-refractivity contribution < 1.29 is 24.5 Å². The van der Waals surface area contributed by atoms with Gasteiger partial charge in [-0.3, -0.25) is 4.90 Å². The number of likely N-dealkylation sites (tertiary alicyclic amines) is 1. The zero-order valence-corrected chi connectivity index (χ0v) is 7.19. The van der Waals surface area contributed by atoms with Crippen LogP contribution in [0.15, 0.2) is 0 Å². The highest BCUT2D eigenvalue weighted by atomic mass is 16.5. The number of aliphatic carboxylic acids is 1. The molecule has 0 bridgehead atoms. The van der Waals surface area contributed by atoms with Gasteiger partial charge in [-0.2, -0.15) is 0 Å². The first-order valence-electron chi connectivity index (χ1n) is 3.83. The molecule has 1 fully saturated rings. The molecule has 1 heterocycles. The zero-order valence-electron chi connectivity index (χ0n) is 7.19. The Kier molecular flexibility index (Phi) is 2.42. The van der Waals surface area contributed by atoms with Crippen LogP contribution in [-0.4, -0.2) is 46.6 Å². The molecule has 1 aliphatic heterocycles. The van der Waals surface area contributed by atoms with Gasteiger partial charge in [-0.15, -0.1) is 0 Å². The van der Waals surface area contributed by atoms with Gasteiger partial charge in [0.2, 0.25) is 5.72 Å². The van der Waals surface area contributed by atoms with E-state index >= 15 is 0 Å². The zero-order chi connectivity index (χ0) is 10.1. The molecular formula is C7H11NO5. The van der Waals surface area contributed by atoms with E-state index in [2.05, 4.69) is 0 Å². The highest BCUT2D eigenvalue weighted by molar-refractivity contribution is 5.82. The van der Waals surface area contributed by atoms with Gasteiger partial charge in [0.15, 0.2) is 0 Å². The third-order valence-corrected chi connectivity index (χ3v) is 2.24. The molecule has 1 amide bonds. The van der Waals surface area contributed by atoms with Crippen LogP contribution >= 0.6 is 0 Å². The molecule has 0 saturated carbocycles. The van der Waals surface area contributed by atoms with Crippen LogP contribution in [0.1, 0.15) is 12.8 Å². The quantitative estimate of drug-likeness (QED) is 0.647. The van der Waals surface area contributed by atoms with Crippen molar-refractivity contribution in [2.75, 3.05) is 13.7 Å². The van der Waals surface area contributed by atoms with Gasteiger partial charge in [0.05, 0.1) is 0 Å². The number of methoxy groups -OCH3 is 1. The van der Waals surface area contributed by atoms with Crippen LogP contribution in [0.25, 0.3) is 0 Å². The molecule has 13 heavy (non-hydrogen) atoms. The van der Waals surface area contributed by atoms with Crippen molar-refractivity contribution in [1.29, 1.82) is 0 Å². The molecule has 1 unspecified atom stereocenters. The number of rotatable bonds is 2. The molecule has 6 heteroatoms. The standard InChI is InChI=1S/C7H11NO5/c1-13-7(5(9)10)3-2-4-8(7)6(11)12/h2-4H2,1H3,(H,9,10)(H,11,12). The molecule has 0 aliphatic carbocycles. The van der Waals surface area contributed by atoms with Gasteiger partial charge in [0.25, 0.3) is 0 Å². The van der Waals surface area contributed by atoms with Crippen LogP contribution in [0, 0.1) is 0 Å². The fourth-order valence-electron chi connectivity index (χ4n) is 1.56. The summed E-state index contributed by atoms with van der Waals surface area (Å²) in [6.07, 6.45) is -0.556. The molecule has 0 aromatic rings. The lowest BCUT2D eigenvalue weighted by atomic mass is 10.1. The van der Waals surface area contributed by atoms with Gasteiger partial charge in [-0.1, -0.05) is 0 Å². The molecular weight excluding hydrogens is 178 g/mol. The molecule has 2 N–H and O–H groups in total. The third kappa shape index (κ3) is 1.33. The Bertz CT molecular complexity index is 241. The summed E-state index contributed by atoms with van der Waals surface area (Å²) in [6.45, 7) is 0.204. The van der Waals surface area contributed by atoms with Crippen molar-refractivity contribution in [3.05, 3.63) is 0 Å². The molecule has 74 valence electrons. The summed E-state index contributed by atoms with van der Waals surface area (Å²) in [7, 11) is 1.20. The second kappa shape index (κ2) is 3.21. The van der Waals surface area contributed by atoms with E-state index in [4.69, 9.17) is 14.9 Å². The van der Waals surface area contributed by atoms with Crippen LogP contribution in [-0.2, 0) is 9.53 Å². The Morgan fingerprint density at radius 3 is 2.38 bits per heavy atom. The van der Waals surface area contributed by atoms with Crippen LogP contribution in [0.3, 0.4) is 0 Å². The van der Waals surface area contributed by atoms with Gasteiger partial charge in [0.1, 0.15) is 0 Å². The summed E-state index contributed by atoms with van der Waals surface area (Å²) in [5.74, 6) is -1.25. The van der Waals surface area contributed by atoms with Crippen LogP contribution in [0.5, 0.6) is 0 Å². The molecule has 0 aromatic heterocycles. The number of carbonyl (C=O) groups is 2. The van der Waals surface area contributed by atoms with Gasteiger partial charge < -0.3 is 14.9 Å². The highest BCUT2D eigenvalue weighted by Crippen LogP contribution is 2.30. The van der Waals surface area contributed by atoms with E-state index in [0.29, 0.717) is 6.42 Å². The summed E-state index contributed by atoms with van der Waals surface area (Å²) in [6, 6.07) is 0. The first-order chi connectivity index (χ1) is 6.04. The number of ether oxygens (including phenoxy) is 1. The minimum absolute atomic E-state index is 0.200. The Morgan fingerprint density at radius 1 is 1.46 bits per heavy atom. The van der Waals surface area contributed by atoms with Gasteiger partial charge >= 0.3 is 12.1 Å². The molecule has 1 rings (SSSR count). The van der Waals surface area contributed by atoms with Crippen molar-refractivity contribution in [1.82, 2.24) is 4.90 Å². The molecule has 0 radical (unpaired) electrons. The lowest BCUT2D eigenvalue weighted by Crippen LogP contribution is -2.54. The molecule has 1 saturated heterocycles. The summed E-state index contributed by atoms with van der Waals surface area (Å²) < 4.78 is 4.78. The van der Waals surface area contributed by atoms with E-state index < -0.39 is 17.8 Å². The summed E-state index contributed by atoms with van der Waals surface area (Å²) in [5, 5.41) is 17.6. The molecule has 1 atom stereocenters. The Balaban J connectivity index is 2.96. The first kappa shape index (κ1) is 9.79. The van der Waals surface area contributed by atoms with E-state index in [1.807, 2.05) is 0 Å². The summed E-state index contributed by atoms with van der Waals surface area (Å²) in [4.78, 5) is 22.3. The van der Waals surface area contributed by atoms with Crippen molar-refractivity contribution in [2.24, 2.45) is 0 Å². The summed E-state index contributed by atoms with van der Waals surface area (Å²) in [5.41, 5.74) is -1.67. The van der Waals surface area contributed by atoms with Crippen LogP contribution in [0.2, 0.25) is 0 Å². The molecule has 0 aromatic carbocycles. The predicted octanol–water partition coefficient (Wildman–Crippen LogP) is 0.188. The minimum Gasteiger partial charge on any atom is -0.478 e. The second-order valence-corrected chi connectivity index (χ2v) is 2.83. The van der Waals surface area contributed by atoms with E-state index in [9.17, 15) is 9.59 Å². The maximum Gasteiger partial charge on any atom is 0.410 e. The molecule has 0 spiro atoms. The first-order valence-corrected chi connectivity index (χ1v) is 3.83. The number of nitrogens with zero attached hydrogens (tertiary/aromatic N) is 1. The lowest BCUT2D eigenvalue weighted by molar-refractivity contribution is -0.179. The van der Waals surface area contributed by atoms with E-state index in [0.717, 1.165) is 4.90 Å². The predicted molar refractivity (Wildman–Crippen MR) is 41.3 cm³/mol. The average Bonchev–Trinajstić information content (AvgIpc) is 2.48. The second-order valence-electron chi connectivity index (χ2n) is 2.83. The fraction of sp³-hybridized carbons (Fsp3) is 0.714. The number of amides is 1. The maximum atomic E-state index is 10.8. The van der Waals surface area contributed by atoms with Crippen molar-refractivity contribution in [2.45, 2.75) is 18.6 Å². The molecule has 1 aliphatic rings. The van der Waals surface area contributed by atoms with Crippen molar-refractivity contribution >= 4 is 12.1 Å². The Hall–Kier alpha value is -1.30. The van der Waals surface area contributed by atoms with Gasteiger partial charge in [-0.05, 0) is 6.42 Å². The monoisotopic (exact) mass is 189 g/mol. The van der Waals surface area contributed by atoms with Crippen molar-refractivity contribution in [3.8, 4) is 0 Å². The lowest BCUT2D eigenvalue weighted by Gasteiger charge is -2.30. The highest BCUT2D eigenvalue weighted by Gasteiger charge is 2.51. The Labute approximate surface area is 74.7 Å². The number of hydrogen-bond donors (Lipinski definition) is 2. The average molecular weight is 189 g/mol. The third-order valence-electron chi connectivity index (χ3n) is 2.24.